The van der Waals surface area contributed by atoms with Crippen molar-refractivity contribution in [3.8, 4) is 0 Å². The van der Waals surface area contributed by atoms with Crippen LogP contribution in [0, 0.1) is 0 Å². The van der Waals surface area contributed by atoms with Gasteiger partial charge in [-0.1, -0.05) is 29.3 Å². The van der Waals surface area contributed by atoms with Crippen molar-refractivity contribution < 1.29 is 0 Å². The normalized spacial score (nSPS) is 19.9. The van der Waals surface area contributed by atoms with Crippen LogP contribution in [0.3, 0.4) is 0 Å². The minimum absolute atomic E-state index is 0.861. The first-order valence-corrected chi connectivity index (χ1v) is 7.72. The van der Waals surface area contributed by atoms with Gasteiger partial charge in [-0.25, -0.2) is 0 Å². The number of hydrogen-bond donors (Lipinski definition) is 1. The summed E-state index contributed by atoms with van der Waals surface area (Å²) in [7, 11) is 0. The van der Waals surface area contributed by atoms with Crippen molar-refractivity contribution in [1.29, 1.82) is 0 Å². The molecule has 0 bridgehead atoms. The zero-order valence-corrected chi connectivity index (χ0v) is 12.8. The van der Waals surface area contributed by atoms with E-state index >= 15 is 0 Å². The van der Waals surface area contributed by atoms with E-state index in [1.165, 1.54) is 5.69 Å². The van der Waals surface area contributed by atoms with Crippen LogP contribution >= 0.6 is 11.6 Å². The Kier molecular flexibility index (Phi) is 4.29. The summed E-state index contributed by atoms with van der Waals surface area (Å²) in [6, 6.07) is 8.14. The average molecular weight is 292 g/mol. The summed E-state index contributed by atoms with van der Waals surface area (Å²) in [5.41, 5.74) is 4.32. The van der Waals surface area contributed by atoms with E-state index in [9.17, 15) is 0 Å². The number of para-hydroxylation sites is 1. The molecule has 1 aromatic rings. The van der Waals surface area contributed by atoms with Gasteiger partial charge in [0.15, 0.2) is 0 Å². The molecule has 1 aromatic carbocycles. The number of anilines is 1. The molecule has 0 unspecified atom stereocenters. The topological polar surface area (TPSA) is 18.5 Å². The van der Waals surface area contributed by atoms with E-state index in [0.29, 0.717) is 0 Å². The van der Waals surface area contributed by atoms with Gasteiger partial charge in [-0.15, -0.1) is 0 Å². The van der Waals surface area contributed by atoms with Crippen LogP contribution in [-0.2, 0) is 0 Å². The van der Waals surface area contributed by atoms with Crippen LogP contribution in [0.4, 0.5) is 5.69 Å². The second-order valence-electron chi connectivity index (χ2n) is 5.70. The molecule has 0 amide bonds. The fraction of sp³-hybridized carbons (Fsp3) is 0.500. The van der Waals surface area contributed by atoms with Crippen LogP contribution in [0.1, 0.15) is 6.92 Å². The van der Waals surface area contributed by atoms with Gasteiger partial charge in [0, 0.05) is 45.8 Å². The molecule has 0 radical (unpaired) electrons. The molecule has 3 nitrogen and oxygen atoms in total. The third kappa shape index (κ3) is 3.00. The smallest absolute Gasteiger partial charge is 0.0639 e. The molecule has 2 aliphatic heterocycles. The Morgan fingerprint density at radius 3 is 2.45 bits per heavy atom. The number of nitrogens with one attached hydrogen (secondary N) is 1. The van der Waals surface area contributed by atoms with Crippen molar-refractivity contribution >= 4 is 17.3 Å². The van der Waals surface area contributed by atoms with E-state index in [1.807, 2.05) is 12.1 Å². The van der Waals surface area contributed by atoms with Crippen molar-refractivity contribution in [2.24, 2.45) is 0 Å². The largest absolute Gasteiger partial charge is 0.368 e. The van der Waals surface area contributed by atoms with E-state index in [-0.39, 0.29) is 0 Å². The molecule has 20 heavy (non-hydrogen) atoms. The van der Waals surface area contributed by atoms with E-state index < -0.39 is 0 Å². The first-order chi connectivity index (χ1) is 9.74. The highest BCUT2D eigenvalue weighted by Gasteiger charge is 2.20. The summed E-state index contributed by atoms with van der Waals surface area (Å²) in [5.74, 6) is 0. The van der Waals surface area contributed by atoms with Gasteiger partial charge in [0.2, 0.25) is 0 Å². The van der Waals surface area contributed by atoms with Crippen molar-refractivity contribution in [1.82, 2.24) is 10.2 Å². The monoisotopic (exact) mass is 291 g/mol. The molecule has 4 heteroatoms. The van der Waals surface area contributed by atoms with Crippen LogP contribution in [0.15, 0.2) is 35.4 Å². The SMILES string of the molecule is CC(CN1CCN(c2ccccc2Cl)CC1)=C1CNC1. The number of hydrogen-bond acceptors (Lipinski definition) is 3. The third-order valence-corrected chi connectivity index (χ3v) is 4.63. The first kappa shape index (κ1) is 13.9. The van der Waals surface area contributed by atoms with Gasteiger partial charge in [0.05, 0.1) is 10.7 Å². The Morgan fingerprint density at radius 1 is 1.15 bits per heavy atom. The fourth-order valence-electron chi connectivity index (χ4n) is 2.85. The molecule has 0 aromatic heterocycles. The summed E-state index contributed by atoms with van der Waals surface area (Å²) in [5, 5.41) is 4.18. The molecule has 0 spiro atoms. The molecule has 2 aliphatic rings. The second-order valence-corrected chi connectivity index (χ2v) is 6.11. The number of piperazine rings is 1. The number of rotatable bonds is 3. The highest BCUT2D eigenvalue weighted by atomic mass is 35.5. The summed E-state index contributed by atoms with van der Waals surface area (Å²) in [6.45, 7) is 9.92. The Morgan fingerprint density at radius 2 is 1.85 bits per heavy atom. The van der Waals surface area contributed by atoms with Crippen LogP contribution in [0.2, 0.25) is 5.02 Å². The van der Waals surface area contributed by atoms with Crippen molar-refractivity contribution in [3.05, 3.63) is 40.4 Å². The quantitative estimate of drug-likeness (QED) is 0.863. The number of benzene rings is 1. The van der Waals surface area contributed by atoms with Crippen LogP contribution < -0.4 is 10.2 Å². The third-order valence-electron chi connectivity index (χ3n) is 4.31. The zero-order chi connectivity index (χ0) is 13.9. The van der Waals surface area contributed by atoms with Gasteiger partial charge in [-0.2, -0.15) is 0 Å². The minimum atomic E-state index is 0.861. The number of nitrogens with zero attached hydrogens (tertiary/aromatic N) is 2. The Bertz CT molecular complexity index is 498. The van der Waals surface area contributed by atoms with Crippen LogP contribution in [0.5, 0.6) is 0 Å². The van der Waals surface area contributed by atoms with Crippen molar-refractivity contribution in [2.75, 3.05) is 50.7 Å². The predicted octanol–water partition coefficient (Wildman–Crippen LogP) is 2.38. The van der Waals surface area contributed by atoms with Crippen LogP contribution in [0.25, 0.3) is 0 Å². The maximum Gasteiger partial charge on any atom is 0.0639 e. The highest BCUT2D eigenvalue weighted by Crippen LogP contribution is 2.26. The molecule has 2 fully saturated rings. The molecule has 0 atom stereocenters. The molecule has 108 valence electrons. The lowest BCUT2D eigenvalue weighted by Gasteiger charge is -2.37. The van der Waals surface area contributed by atoms with Gasteiger partial charge >= 0.3 is 0 Å². The molecule has 3 rings (SSSR count). The standard InChI is InChI=1S/C16H22ClN3/c1-13(14-10-18-11-14)12-19-6-8-20(9-7-19)16-5-3-2-4-15(16)17/h2-5,18H,6-12H2,1H3. The van der Waals surface area contributed by atoms with Crippen molar-refractivity contribution in [3.63, 3.8) is 0 Å². The summed E-state index contributed by atoms with van der Waals surface area (Å²) in [4.78, 5) is 4.94. The number of halogens is 1. The molecule has 0 saturated carbocycles. The van der Waals surface area contributed by atoms with E-state index in [1.54, 1.807) is 11.1 Å². The molecular formula is C16H22ClN3. The average Bonchev–Trinajstić information content (AvgIpc) is 2.38. The minimum Gasteiger partial charge on any atom is -0.368 e. The maximum atomic E-state index is 6.28. The van der Waals surface area contributed by atoms with E-state index in [4.69, 9.17) is 11.6 Å². The molecule has 2 saturated heterocycles. The Hall–Kier alpha value is -1.03. The van der Waals surface area contributed by atoms with Gasteiger partial charge < -0.3 is 10.2 Å². The van der Waals surface area contributed by atoms with E-state index in [2.05, 4.69) is 34.2 Å². The first-order valence-electron chi connectivity index (χ1n) is 7.34. The Balaban J connectivity index is 1.56. The highest BCUT2D eigenvalue weighted by molar-refractivity contribution is 6.33. The van der Waals surface area contributed by atoms with E-state index in [0.717, 1.165) is 50.8 Å². The maximum absolute atomic E-state index is 6.28. The molecule has 1 N–H and O–H groups in total. The molecule has 0 aliphatic carbocycles. The molecular weight excluding hydrogens is 270 g/mol. The van der Waals surface area contributed by atoms with Gasteiger partial charge in [-0.05, 0) is 24.6 Å². The summed E-state index contributed by atoms with van der Waals surface area (Å²) in [6.07, 6.45) is 0. The predicted molar refractivity (Wildman–Crippen MR) is 85.7 cm³/mol. The van der Waals surface area contributed by atoms with Gasteiger partial charge in [0.25, 0.3) is 0 Å². The lowest BCUT2D eigenvalue weighted by atomic mass is 10.0. The summed E-state index contributed by atoms with van der Waals surface area (Å²) < 4.78 is 0. The zero-order valence-electron chi connectivity index (χ0n) is 12.0. The second kappa shape index (κ2) is 6.17. The van der Waals surface area contributed by atoms with Gasteiger partial charge in [-0.3, -0.25) is 4.90 Å². The van der Waals surface area contributed by atoms with Gasteiger partial charge in [0.1, 0.15) is 0 Å². The van der Waals surface area contributed by atoms with Crippen molar-refractivity contribution in [2.45, 2.75) is 6.92 Å². The molecule has 2 heterocycles. The fourth-order valence-corrected chi connectivity index (χ4v) is 3.11. The Labute approximate surface area is 126 Å². The van der Waals surface area contributed by atoms with Crippen LogP contribution in [-0.4, -0.2) is 50.7 Å². The lowest BCUT2D eigenvalue weighted by molar-refractivity contribution is 0.276. The summed E-state index contributed by atoms with van der Waals surface area (Å²) >= 11 is 6.28. The lowest BCUT2D eigenvalue weighted by Crippen LogP contribution is -2.47.